The topological polar surface area (TPSA) is 42.4 Å². The summed E-state index contributed by atoms with van der Waals surface area (Å²) < 4.78 is 30.3. The Hall–Kier alpha value is -3.32. The predicted octanol–water partition coefficient (Wildman–Crippen LogP) is 6.36. The molecule has 0 radical (unpaired) electrons. The Morgan fingerprint density at radius 2 is 1.77 bits per heavy atom. The molecule has 1 heterocycles. The van der Waals surface area contributed by atoms with Gasteiger partial charge in [0.2, 0.25) is 0 Å². The molecular weight excluding hydrogens is 418 g/mol. The van der Waals surface area contributed by atoms with E-state index in [4.69, 9.17) is 4.98 Å². The lowest BCUT2D eigenvalue weighted by atomic mass is 10.1. The maximum Gasteiger partial charge on any atom is 0.387 e. The molecule has 4 nitrogen and oxygen atoms in total. The van der Waals surface area contributed by atoms with E-state index in [-0.39, 0.29) is 11.7 Å². The Balaban J connectivity index is 1.72. The van der Waals surface area contributed by atoms with E-state index in [1.165, 1.54) is 35.6 Å². The van der Waals surface area contributed by atoms with Gasteiger partial charge in [-0.3, -0.25) is 9.69 Å². The molecular formula is C24H20F2N2O2S. The standard InChI is InChI=1S/C24H20F2N2O2S/c1-15-12-16(2)21-20(13-15)31-24(27-21)28(14-17-6-4-3-5-7-17)22(29)18-8-10-19(11-9-18)30-23(25)26/h3-13,23H,14H2,1-2H3. The number of amides is 1. The number of nitrogens with zero attached hydrogens (tertiary/aromatic N) is 2. The molecule has 0 fully saturated rings. The second-order valence-electron chi connectivity index (χ2n) is 7.20. The van der Waals surface area contributed by atoms with Crippen LogP contribution in [-0.4, -0.2) is 17.5 Å². The molecule has 0 aliphatic rings. The van der Waals surface area contributed by atoms with Gasteiger partial charge in [0.05, 0.1) is 16.8 Å². The van der Waals surface area contributed by atoms with E-state index in [9.17, 15) is 13.6 Å². The van der Waals surface area contributed by atoms with Crippen LogP contribution in [-0.2, 0) is 6.54 Å². The minimum atomic E-state index is -2.91. The average Bonchev–Trinajstić information content (AvgIpc) is 3.16. The van der Waals surface area contributed by atoms with Crippen molar-refractivity contribution in [1.82, 2.24) is 4.98 Å². The van der Waals surface area contributed by atoms with Gasteiger partial charge in [0, 0.05) is 5.56 Å². The number of aromatic nitrogens is 1. The van der Waals surface area contributed by atoms with Crippen molar-refractivity contribution in [3.8, 4) is 5.75 Å². The first-order valence-electron chi connectivity index (χ1n) is 9.69. The van der Waals surface area contributed by atoms with Crippen molar-refractivity contribution in [1.29, 1.82) is 0 Å². The third-order valence-electron chi connectivity index (χ3n) is 4.80. The Bertz CT molecular complexity index is 1210. The lowest BCUT2D eigenvalue weighted by Gasteiger charge is -2.20. The number of ether oxygens (including phenoxy) is 1. The van der Waals surface area contributed by atoms with Crippen LogP contribution in [0.15, 0.2) is 66.7 Å². The van der Waals surface area contributed by atoms with Crippen molar-refractivity contribution >= 4 is 32.6 Å². The molecule has 0 spiro atoms. The minimum Gasteiger partial charge on any atom is -0.435 e. The number of rotatable bonds is 6. The summed E-state index contributed by atoms with van der Waals surface area (Å²) in [6.07, 6.45) is 0. The van der Waals surface area contributed by atoms with E-state index in [0.717, 1.165) is 26.9 Å². The van der Waals surface area contributed by atoms with Gasteiger partial charge in [0.15, 0.2) is 5.13 Å². The first kappa shape index (κ1) is 20.9. The molecule has 0 bridgehead atoms. The molecule has 4 rings (SSSR count). The molecule has 0 unspecified atom stereocenters. The SMILES string of the molecule is Cc1cc(C)c2nc(N(Cc3ccccc3)C(=O)c3ccc(OC(F)F)cc3)sc2c1. The number of fused-ring (bicyclic) bond motifs is 1. The van der Waals surface area contributed by atoms with Gasteiger partial charge in [-0.1, -0.05) is 47.7 Å². The summed E-state index contributed by atoms with van der Waals surface area (Å²) in [6, 6.07) is 19.5. The number of thiazole rings is 1. The van der Waals surface area contributed by atoms with E-state index in [1.807, 2.05) is 44.2 Å². The van der Waals surface area contributed by atoms with Gasteiger partial charge >= 0.3 is 6.61 Å². The normalized spacial score (nSPS) is 11.1. The van der Waals surface area contributed by atoms with Gasteiger partial charge in [-0.15, -0.1) is 0 Å². The molecule has 0 N–H and O–H groups in total. The molecule has 7 heteroatoms. The van der Waals surface area contributed by atoms with Crippen molar-refractivity contribution in [2.45, 2.75) is 27.0 Å². The van der Waals surface area contributed by atoms with Crippen molar-refractivity contribution in [3.63, 3.8) is 0 Å². The third-order valence-corrected chi connectivity index (χ3v) is 5.83. The third kappa shape index (κ3) is 4.72. The highest BCUT2D eigenvalue weighted by Gasteiger charge is 2.22. The fraction of sp³-hybridized carbons (Fsp3) is 0.167. The zero-order chi connectivity index (χ0) is 22.0. The van der Waals surface area contributed by atoms with E-state index in [2.05, 4.69) is 16.9 Å². The highest BCUT2D eigenvalue weighted by Crippen LogP contribution is 2.33. The minimum absolute atomic E-state index is 0.00671. The number of halogens is 2. The van der Waals surface area contributed by atoms with Gasteiger partial charge in [-0.25, -0.2) is 4.98 Å². The van der Waals surface area contributed by atoms with Crippen LogP contribution in [0.25, 0.3) is 10.2 Å². The molecule has 0 aliphatic carbocycles. The number of hydrogen-bond donors (Lipinski definition) is 0. The van der Waals surface area contributed by atoms with Crippen LogP contribution < -0.4 is 9.64 Å². The fourth-order valence-corrected chi connectivity index (χ4v) is 4.54. The zero-order valence-corrected chi connectivity index (χ0v) is 17.8. The molecule has 158 valence electrons. The van der Waals surface area contributed by atoms with E-state index in [1.54, 1.807) is 4.90 Å². The zero-order valence-electron chi connectivity index (χ0n) is 17.0. The quantitative estimate of drug-likeness (QED) is 0.352. The highest BCUT2D eigenvalue weighted by atomic mass is 32.1. The van der Waals surface area contributed by atoms with E-state index >= 15 is 0 Å². The van der Waals surface area contributed by atoms with Crippen LogP contribution in [0.3, 0.4) is 0 Å². The molecule has 0 aliphatic heterocycles. The van der Waals surface area contributed by atoms with Crippen molar-refractivity contribution < 1.29 is 18.3 Å². The summed E-state index contributed by atoms with van der Waals surface area (Å²) >= 11 is 1.46. The van der Waals surface area contributed by atoms with Gasteiger partial charge < -0.3 is 4.74 Å². The highest BCUT2D eigenvalue weighted by molar-refractivity contribution is 7.22. The van der Waals surface area contributed by atoms with Crippen LogP contribution in [0, 0.1) is 13.8 Å². The van der Waals surface area contributed by atoms with Crippen molar-refractivity contribution in [2.24, 2.45) is 0 Å². The summed E-state index contributed by atoms with van der Waals surface area (Å²) in [4.78, 5) is 19.8. The first-order chi connectivity index (χ1) is 14.9. The lowest BCUT2D eigenvalue weighted by Crippen LogP contribution is -2.30. The summed E-state index contributed by atoms with van der Waals surface area (Å²) in [5.74, 6) is -0.256. The molecule has 4 aromatic rings. The number of hydrogen-bond acceptors (Lipinski definition) is 4. The van der Waals surface area contributed by atoms with Crippen molar-refractivity contribution in [3.05, 3.63) is 89.0 Å². The van der Waals surface area contributed by atoms with E-state index < -0.39 is 6.61 Å². The molecule has 3 aromatic carbocycles. The Morgan fingerprint density at radius 3 is 2.45 bits per heavy atom. The van der Waals surface area contributed by atoms with Crippen LogP contribution >= 0.6 is 11.3 Å². The molecule has 1 aromatic heterocycles. The van der Waals surface area contributed by atoms with Crippen LogP contribution in [0.1, 0.15) is 27.0 Å². The number of aryl methyl sites for hydroxylation is 2. The number of alkyl halides is 2. The van der Waals surface area contributed by atoms with Gasteiger partial charge in [0.25, 0.3) is 5.91 Å². The molecule has 1 amide bonds. The maximum absolute atomic E-state index is 13.4. The number of benzene rings is 3. The smallest absolute Gasteiger partial charge is 0.387 e. The molecule has 0 saturated heterocycles. The number of anilines is 1. The predicted molar refractivity (Wildman–Crippen MR) is 119 cm³/mol. The van der Waals surface area contributed by atoms with Gasteiger partial charge in [0.1, 0.15) is 5.75 Å². The van der Waals surface area contributed by atoms with Gasteiger partial charge in [-0.2, -0.15) is 8.78 Å². The summed E-state index contributed by atoms with van der Waals surface area (Å²) in [5.41, 5.74) is 4.39. The summed E-state index contributed by atoms with van der Waals surface area (Å²) in [6.45, 7) is 1.46. The monoisotopic (exact) mass is 438 g/mol. The number of carbonyl (C=O) groups is 1. The number of carbonyl (C=O) groups excluding carboxylic acids is 1. The van der Waals surface area contributed by atoms with Crippen molar-refractivity contribution in [2.75, 3.05) is 4.90 Å². The summed E-state index contributed by atoms with van der Waals surface area (Å²) in [5, 5.41) is 0.588. The second-order valence-corrected chi connectivity index (χ2v) is 8.21. The van der Waals surface area contributed by atoms with Gasteiger partial charge in [-0.05, 0) is 60.9 Å². The largest absolute Gasteiger partial charge is 0.435 e. The Kier molecular flexibility index (Phi) is 5.95. The van der Waals surface area contributed by atoms with Crippen LogP contribution in [0.5, 0.6) is 5.75 Å². The summed E-state index contributed by atoms with van der Waals surface area (Å²) in [7, 11) is 0. The fourth-order valence-electron chi connectivity index (χ4n) is 3.40. The average molecular weight is 438 g/mol. The van der Waals surface area contributed by atoms with Crippen LogP contribution in [0.4, 0.5) is 13.9 Å². The van der Waals surface area contributed by atoms with E-state index in [0.29, 0.717) is 17.2 Å². The second kappa shape index (κ2) is 8.81. The maximum atomic E-state index is 13.4. The lowest BCUT2D eigenvalue weighted by molar-refractivity contribution is -0.0498. The molecule has 0 atom stereocenters. The van der Waals surface area contributed by atoms with Crippen LogP contribution in [0.2, 0.25) is 0 Å². The molecule has 0 saturated carbocycles. The molecule has 31 heavy (non-hydrogen) atoms. The first-order valence-corrected chi connectivity index (χ1v) is 10.5. The Morgan fingerprint density at radius 1 is 1.06 bits per heavy atom. The Labute approximate surface area is 182 Å².